The summed E-state index contributed by atoms with van der Waals surface area (Å²) in [7, 11) is 4.69. The summed E-state index contributed by atoms with van der Waals surface area (Å²) in [5, 5.41) is 0. The fraction of sp³-hybridized carbons (Fsp3) is 0. The van der Waals surface area contributed by atoms with Crippen LogP contribution in [0.25, 0.3) is 4.85 Å². The van der Waals surface area contributed by atoms with Crippen LogP contribution in [0.4, 0.5) is 0 Å². The van der Waals surface area contributed by atoms with E-state index in [9.17, 15) is 0 Å². The van der Waals surface area contributed by atoms with Crippen molar-refractivity contribution in [1.29, 1.82) is 0 Å². The number of hydrogen-bond donors (Lipinski definition) is 1. The molecule has 6 heavy (non-hydrogen) atoms. The third kappa shape index (κ3) is 273. The van der Waals surface area contributed by atoms with Gasteiger partial charge in [0.1, 0.15) is 0 Å². The molecule has 1 atom stereocenters. The molecule has 0 aliphatic rings. The van der Waals surface area contributed by atoms with Crippen LogP contribution in [0.3, 0.4) is 0 Å². The molecule has 0 radical (unpaired) electrons. The van der Waals surface area contributed by atoms with E-state index in [1.807, 2.05) is 9.39 Å². The largest absolute Gasteiger partial charge is 0.464 e. The van der Waals surface area contributed by atoms with Crippen molar-refractivity contribution in [2.24, 2.45) is 5.50 Å². The minimum absolute atomic E-state index is 0. The van der Waals surface area contributed by atoms with Crippen molar-refractivity contribution < 1.29 is 21.1 Å². The van der Waals surface area contributed by atoms with Crippen molar-refractivity contribution >= 4 is 9.39 Å². The standard InChI is InChI=1S/C2H2N.H4NP.W/c1-3-2;1-2;/h1H2;1-2H2;/q-1;;. The Bertz CT molecular complexity index is 33.0. The number of nitrogens with zero attached hydrogens (tertiary/aromatic N) is 1. The van der Waals surface area contributed by atoms with Crippen LogP contribution in [-0.2, 0) is 21.1 Å². The number of nitrogens with two attached hydrogens (primary N) is 1. The zero-order chi connectivity index (χ0) is 4.71. The molecule has 0 aromatic heterocycles. The van der Waals surface area contributed by atoms with Crippen molar-refractivity contribution in [1.82, 2.24) is 0 Å². The van der Waals surface area contributed by atoms with Gasteiger partial charge in [-0.15, -0.1) is 0 Å². The Morgan fingerprint density at radius 3 is 1.67 bits per heavy atom. The molecule has 0 aliphatic carbocycles. The summed E-state index contributed by atoms with van der Waals surface area (Å²) in [6.07, 6.45) is 0. The molecular weight excluding hydrogens is 267 g/mol. The van der Waals surface area contributed by atoms with Gasteiger partial charge in [0.25, 0.3) is 0 Å². The maximum Gasteiger partial charge on any atom is 0 e. The second kappa shape index (κ2) is 51.8. The van der Waals surface area contributed by atoms with E-state index in [-0.39, 0.29) is 21.1 Å². The first-order valence-electron chi connectivity index (χ1n) is 0.873. The van der Waals surface area contributed by atoms with Crippen LogP contribution in [-0.4, -0.2) is 0 Å². The second-order valence-corrected chi connectivity index (χ2v) is 0.158. The summed E-state index contributed by atoms with van der Waals surface area (Å²) in [6.45, 7) is 5.72. The van der Waals surface area contributed by atoms with E-state index in [2.05, 4.69) is 17.4 Å². The Morgan fingerprint density at radius 2 is 1.67 bits per heavy atom. The normalized spacial score (nSPS) is 2.17. The maximum absolute atomic E-state index is 5.72. The predicted octanol–water partition coefficient (Wildman–Crippen LogP) is 0.430. The molecule has 0 spiro atoms. The van der Waals surface area contributed by atoms with Crippen molar-refractivity contribution in [3.05, 3.63) is 18.5 Å². The van der Waals surface area contributed by atoms with Crippen LogP contribution in [0.1, 0.15) is 0 Å². The van der Waals surface area contributed by atoms with Gasteiger partial charge >= 0.3 is 0 Å². The SMILES string of the molecule is NP.[C-]#[N+][CH2-].[W]. The molecule has 0 aliphatic heterocycles. The fourth-order valence-electron chi connectivity index (χ4n) is 0. The van der Waals surface area contributed by atoms with Gasteiger partial charge in [0.2, 0.25) is 0 Å². The van der Waals surface area contributed by atoms with Gasteiger partial charge in [-0.25, -0.2) is 0 Å². The molecular formula is C2H6N2PW-. The van der Waals surface area contributed by atoms with Crippen molar-refractivity contribution in [3.8, 4) is 0 Å². The van der Waals surface area contributed by atoms with Crippen LogP contribution < -0.4 is 5.50 Å². The first kappa shape index (κ1) is 16.1. The van der Waals surface area contributed by atoms with Gasteiger partial charge in [0, 0.05) is 21.1 Å². The van der Waals surface area contributed by atoms with Gasteiger partial charge in [0.15, 0.2) is 0 Å². The van der Waals surface area contributed by atoms with Gasteiger partial charge in [-0.05, 0) is 0 Å². The first-order chi connectivity index (χ1) is 2.41. The maximum atomic E-state index is 5.72. The molecule has 0 amide bonds. The number of hydrogen-bond acceptors (Lipinski definition) is 1. The molecule has 2 N–H and O–H groups in total. The average molecular weight is 273 g/mol. The van der Waals surface area contributed by atoms with Crippen LogP contribution in [0.5, 0.6) is 0 Å². The average Bonchev–Trinajstić information content (AvgIpc) is 1.46. The summed E-state index contributed by atoms with van der Waals surface area (Å²) >= 11 is 0. The molecule has 0 fully saturated rings. The molecule has 0 aromatic carbocycles. The van der Waals surface area contributed by atoms with Crippen LogP contribution in [0.2, 0.25) is 0 Å². The Hall–Kier alpha value is 0.438. The quantitative estimate of drug-likeness (QED) is 0.503. The molecule has 0 rings (SSSR count). The monoisotopic (exact) mass is 273 g/mol. The Labute approximate surface area is 54.8 Å². The van der Waals surface area contributed by atoms with Crippen molar-refractivity contribution in [2.45, 2.75) is 0 Å². The molecule has 0 bridgehead atoms. The molecule has 0 heterocycles. The van der Waals surface area contributed by atoms with Gasteiger partial charge in [0.05, 0.1) is 0 Å². The molecule has 4 heteroatoms. The molecule has 0 saturated heterocycles. The van der Waals surface area contributed by atoms with Crippen molar-refractivity contribution in [3.63, 3.8) is 0 Å². The van der Waals surface area contributed by atoms with Gasteiger partial charge in [-0.3, -0.25) is 6.57 Å². The predicted molar refractivity (Wildman–Crippen MR) is 25.9 cm³/mol. The molecule has 1 unspecified atom stereocenters. The van der Waals surface area contributed by atoms with E-state index in [0.717, 1.165) is 0 Å². The van der Waals surface area contributed by atoms with E-state index in [4.69, 9.17) is 6.57 Å². The summed E-state index contributed by atoms with van der Waals surface area (Å²) in [5.74, 6) is 0. The number of rotatable bonds is 0. The van der Waals surface area contributed by atoms with Gasteiger partial charge in [-0.2, -0.15) is 0 Å². The summed E-state index contributed by atoms with van der Waals surface area (Å²) < 4.78 is 0. The van der Waals surface area contributed by atoms with E-state index < -0.39 is 0 Å². The van der Waals surface area contributed by atoms with E-state index in [0.29, 0.717) is 0 Å². The third-order valence-corrected chi connectivity index (χ3v) is 0. The first-order valence-corrected chi connectivity index (χ1v) is 1.54. The zero-order valence-corrected chi connectivity index (χ0v) is 7.31. The van der Waals surface area contributed by atoms with Crippen LogP contribution in [0.15, 0.2) is 0 Å². The zero-order valence-electron chi connectivity index (χ0n) is 3.22. The van der Waals surface area contributed by atoms with Crippen LogP contribution >= 0.6 is 9.39 Å². The summed E-state index contributed by atoms with van der Waals surface area (Å²) in [4.78, 5) is 2.50. The third-order valence-electron chi connectivity index (χ3n) is 0. The Morgan fingerprint density at radius 1 is 1.67 bits per heavy atom. The summed E-state index contributed by atoms with van der Waals surface area (Å²) in [6, 6.07) is 0. The Kier molecular flexibility index (Phi) is 139. The van der Waals surface area contributed by atoms with Crippen molar-refractivity contribution in [2.75, 3.05) is 0 Å². The Balaban J connectivity index is -0.0000000275. The molecule has 36 valence electrons. The van der Waals surface area contributed by atoms with Gasteiger partial charge in [-0.1, -0.05) is 16.4 Å². The fourth-order valence-corrected chi connectivity index (χ4v) is 0. The van der Waals surface area contributed by atoms with Gasteiger partial charge < -0.3 is 10.3 Å². The van der Waals surface area contributed by atoms with E-state index >= 15 is 0 Å². The minimum Gasteiger partial charge on any atom is -0.464 e. The molecule has 0 saturated carbocycles. The smallest absolute Gasteiger partial charge is 0 e. The molecule has 2 nitrogen and oxygen atoms in total. The summed E-state index contributed by atoms with van der Waals surface area (Å²) in [5.41, 5.74) is 4.42. The topological polar surface area (TPSA) is 30.4 Å². The minimum atomic E-state index is 0. The molecule has 0 aromatic rings. The second-order valence-electron chi connectivity index (χ2n) is 0.158. The van der Waals surface area contributed by atoms with E-state index in [1.54, 1.807) is 0 Å². The van der Waals surface area contributed by atoms with Crippen LogP contribution in [0, 0.1) is 13.6 Å². The van der Waals surface area contributed by atoms with E-state index in [1.165, 1.54) is 0 Å².